The van der Waals surface area contributed by atoms with E-state index in [-0.39, 0.29) is 19.1 Å². The number of hydrogen-bond donors (Lipinski definition) is 6. The Labute approximate surface area is 426 Å². The molecule has 382 valence electrons. The molecule has 2 fully saturated rings. The monoisotopic (exact) mass is 976 g/mol. The van der Waals surface area contributed by atoms with Crippen LogP contribution >= 0.6 is 11.6 Å². The highest BCUT2D eigenvalue weighted by atomic mass is 35.5. The Morgan fingerprint density at radius 3 is 2.37 bits per heavy atom. The number of aryl methyl sites for hydroxylation is 2. The van der Waals surface area contributed by atoms with Crippen molar-refractivity contribution in [1.82, 2.24) is 41.2 Å². The zero-order valence-electron chi connectivity index (χ0n) is 42.9. The van der Waals surface area contributed by atoms with Crippen LogP contribution in [-0.2, 0) is 24.3 Å². The molecule has 11 nitrogen and oxygen atoms in total. The predicted molar refractivity (Wildman–Crippen MR) is 298 cm³/mol. The van der Waals surface area contributed by atoms with Gasteiger partial charge in [-0.15, -0.1) is 0 Å². The van der Waals surface area contributed by atoms with Crippen molar-refractivity contribution in [2.45, 2.75) is 105 Å². The minimum absolute atomic E-state index is 0. The summed E-state index contributed by atoms with van der Waals surface area (Å²) in [6.07, 6.45) is 15.7. The molecule has 1 amide bonds. The van der Waals surface area contributed by atoms with E-state index < -0.39 is 0 Å². The van der Waals surface area contributed by atoms with E-state index in [1.54, 1.807) is 4.90 Å². The van der Waals surface area contributed by atoms with Gasteiger partial charge < -0.3 is 40.7 Å². The van der Waals surface area contributed by atoms with Crippen LogP contribution in [0.25, 0.3) is 10.9 Å². The zero-order chi connectivity index (χ0) is 50.4. The number of rotatable bonds is 18. The lowest BCUT2D eigenvalue weighted by Gasteiger charge is -2.32. The standard InChI is InChI=1S/C29H39ClN2O.C28H43N7O.CH4/c1-19-8-6-7-9-25-16-23(14-21(3)31-25)15-24-18-29(24,4)11-10-27(33)32(5)26-17-22(12-19)13-20(2)28(26)30;1-21(13-14-35-27(20-34(8)29-6)15-26-11-9-10-12-28(26)35)30-16-22(2)31-17-23(3)32-18-24(4)33(7)19-25(5)36;/h6-8,13,17,23-25,31H,3,9-12,14-16,18H2,1-2,4-5H3;9-12,15,29-32,36H,1-5,13-14,16-20H2,6-8H3;1H4/b7-6+,19-8+;;. The number of piperidine rings is 1. The molecule has 0 radical (unpaired) electrons. The second-order valence-corrected chi connectivity index (χ2v) is 20.5. The second-order valence-electron chi connectivity index (χ2n) is 20.1. The smallest absolute Gasteiger partial charge is 0.226 e. The Morgan fingerprint density at radius 1 is 0.986 bits per heavy atom. The van der Waals surface area contributed by atoms with E-state index in [1.165, 1.54) is 52.7 Å². The molecule has 6 N–H and O–H groups in total. The number of allylic oxidation sites excluding steroid dienone is 5. The Bertz CT molecular complexity index is 2410. The normalized spacial score (nSPS) is 21.4. The van der Waals surface area contributed by atoms with Gasteiger partial charge in [0.05, 0.1) is 43.4 Å². The van der Waals surface area contributed by atoms with Crippen LogP contribution < -0.4 is 31.6 Å². The SMILES string of the molecule is C.C=C(O)CN(C)C(=C)CNC(=C)CNC(=C)CNC(=C)CCn1c(CN(C)NC)cc2ccccc21.C=C1CC2CC(C/C=C/C=C(\C)Cc3cc(C)c(Cl)c(c3)N(C)C(=O)CCC3(C)CC3C2)N1. The molecule has 70 heavy (non-hydrogen) atoms. The van der Waals surface area contributed by atoms with Crippen LogP contribution in [-0.4, -0.2) is 85.9 Å². The van der Waals surface area contributed by atoms with Gasteiger partial charge in [-0.05, 0) is 118 Å². The number of halogens is 1. The molecule has 3 heterocycles. The van der Waals surface area contributed by atoms with Gasteiger partial charge in [-0.3, -0.25) is 10.2 Å². The van der Waals surface area contributed by atoms with Gasteiger partial charge in [0, 0.05) is 86.3 Å². The lowest BCUT2D eigenvalue weighted by molar-refractivity contribution is -0.118. The van der Waals surface area contributed by atoms with Gasteiger partial charge in [0.15, 0.2) is 0 Å². The fourth-order valence-corrected chi connectivity index (χ4v) is 9.77. The third-order valence-corrected chi connectivity index (χ3v) is 14.5. The number of likely N-dealkylation sites (N-methyl/N-ethyl adjacent to an activating group) is 1. The average molecular weight is 977 g/mol. The predicted octanol–water partition coefficient (Wildman–Crippen LogP) is 11.2. The first-order valence-electron chi connectivity index (χ1n) is 24.5. The summed E-state index contributed by atoms with van der Waals surface area (Å²) < 4.78 is 2.36. The van der Waals surface area contributed by atoms with Gasteiger partial charge in [0.25, 0.3) is 0 Å². The van der Waals surface area contributed by atoms with Crippen LogP contribution in [0.2, 0.25) is 5.02 Å². The van der Waals surface area contributed by atoms with Gasteiger partial charge >= 0.3 is 0 Å². The molecule has 3 aliphatic rings. The van der Waals surface area contributed by atoms with Crippen molar-refractivity contribution in [3.63, 3.8) is 0 Å². The number of para-hydroxylation sites is 1. The molecule has 12 heteroatoms. The van der Waals surface area contributed by atoms with Crippen molar-refractivity contribution >= 4 is 34.1 Å². The van der Waals surface area contributed by atoms with Crippen molar-refractivity contribution in [2.24, 2.45) is 17.3 Å². The highest BCUT2D eigenvalue weighted by molar-refractivity contribution is 6.34. The fourth-order valence-electron chi connectivity index (χ4n) is 9.53. The van der Waals surface area contributed by atoms with Crippen LogP contribution in [0.15, 0.2) is 140 Å². The minimum atomic E-state index is 0. The lowest BCUT2D eigenvalue weighted by Crippen LogP contribution is -2.36. The lowest BCUT2D eigenvalue weighted by atomic mass is 9.83. The topological polar surface area (TPSA) is 112 Å². The number of benzene rings is 2. The number of amides is 1. The first kappa shape index (κ1) is 57.0. The van der Waals surface area contributed by atoms with E-state index in [2.05, 4.69) is 150 Å². The number of aliphatic hydroxyl groups excluding tert-OH is 1. The van der Waals surface area contributed by atoms with Gasteiger partial charge in [0.2, 0.25) is 5.91 Å². The number of fused-ring (bicyclic) bond motifs is 6. The van der Waals surface area contributed by atoms with Gasteiger partial charge in [-0.25, -0.2) is 5.01 Å². The largest absolute Gasteiger partial charge is 0.511 e. The molecular weight excluding hydrogens is 890 g/mol. The molecule has 1 saturated heterocycles. The number of carbonyl (C=O) groups is 1. The van der Waals surface area contributed by atoms with Gasteiger partial charge in [-0.2, -0.15) is 0 Å². The van der Waals surface area contributed by atoms with E-state index >= 15 is 0 Å². The Hall–Kier alpha value is -5.62. The van der Waals surface area contributed by atoms with E-state index in [0.717, 1.165) is 85.2 Å². The summed E-state index contributed by atoms with van der Waals surface area (Å²) in [5.41, 5.74) is 14.9. The average Bonchev–Trinajstić information content (AvgIpc) is 3.80. The van der Waals surface area contributed by atoms with E-state index in [9.17, 15) is 9.90 Å². The molecule has 4 unspecified atom stereocenters. The van der Waals surface area contributed by atoms with E-state index in [1.807, 2.05) is 40.0 Å². The number of aromatic nitrogens is 1. The number of anilines is 1. The van der Waals surface area contributed by atoms with Crippen molar-refractivity contribution in [2.75, 3.05) is 59.3 Å². The second kappa shape index (κ2) is 26.6. The summed E-state index contributed by atoms with van der Waals surface area (Å²) in [4.78, 5) is 16.7. The molecule has 0 spiro atoms. The van der Waals surface area contributed by atoms with Crippen LogP contribution in [0, 0.1) is 24.2 Å². The maximum atomic E-state index is 13.1. The first-order valence-corrected chi connectivity index (χ1v) is 24.9. The number of hydrogen-bond acceptors (Lipinski definition) is 9. The number of nitrogens with zero attached hydrogens (tertiary/aromatic N) is 4. The van der Waals surface area contributed by atoms with E-state index in [4.69, 9.17) is 11.6 Å². The zero-order valence-corrected chi connectivity index (χ0v) is 43.6. The molecule has 4 atom stereocenters. The van der Waals surface area contributed by atoms with Crippen LogP contribution in [0.1, 0.15) is 89.5 Å². The Kier molecular flexibility index (Phi) is 21.6. The number of hydrazine groups is 1. The molecule has 1 aromatic heterocycles. The Balaban J connectivity index is 0.000000301. The van der Waals surface area contributed by atoms with Crippen LogP contribution in [0.3, 0.4) is 0 Å². The maximum absolute atomic E-state index is 13.1. The molecule has 2 aromatic carbocycles. The summed E-state index contributed by atoms with van der Waals surface area (Å²) in [7, 11) is 7.69. The van der Waals surface area contributed by atoms with Crippen molar-refractivity contribution in [3.05, 3.63) is 162 Å². The summed E-state index contributed by atoms with van der Waals surface area (Å²) >= 11 is 6.65. The third-order valence-electron chi connectivity index (χ3n) is 14.0. The number of carbonyl (C=O) groups excluding carboxylic acids is 1. The Morgan fingerprint density at radius 2 is 1.67 bits per heavy atom. The molecular formula is C58H86ClN9O2. The van der Waals surface area contributed by atoms with E-state index in [0.29, 0.717) is 55.0 Å². The first-order chi connectivity index (χ1) is 32.7. The van der Waals surface area contributed by atoms with Crippen LogP contribution in [0.5, 0.6) is 0 Å². The molecule has 3 aromatic rings. The van der Waals surface area contributed by atoms with Crippen molar-refractivity contribution in [1.29, 1.82) is 0 Å². The molecule has 6 rings (SSSR count). The van der Waals surface area contributed by atoms with Crippen molar-refractivity contribution < 1.29 is 9.90 Å². The fraction of sp³-hybridized carbons (Fsp3) is 0.466. The quantitative estimate of drug-likeness (QED) is 0.0548. The highest BCUT2D eigenvalue weighted by Gasteiger charge is 2.50. The summed E-state index contributed by atoms with van der Waals surface area (Å²) in [6, 6.07) is 15.4. The summed E-state index contributed by atoms with van der Waals surface area (Å²) in [5, 5.41) is 26.8. The van der Waals surface area contributed by atoms with Gasteiger partial charge in [0.1, 0.15) is 5.76 Å². The maximum Gasteiger partial charge on any atom is 0.226 e. The minimum Gasteiger partial charge on any atom is -0.511 e. The third kappa shape index (κ3) is 17.1. The number of aliphatic hydroxyl groups is 1. The number of nitrogens with one attached hydrogen (secondary N) is 5. The highest BCUT2D eigenvalue weighted by Crippen LogP contribution is 2.59. The van der Waals surface area contributed by atoms with Crippen molar-refractivity contribution in [3.8, 4) is 0 Å². The molecule has 1 saturated carbocycles. The molecule has 4 bridgehead atoms. The molecule has 1 aliphatic carbocycles. The van der Waals surface area contributed by atoms with Crippen LogP contribution in [0.4, 0.5) is 5.69 Å². The van der Waals surface area contributed by atoms with Gasteiger partial charge in [-0.1, -0.05) is 113 Å². The molecule has 2 aliphatic heterocycles. The summed E-state index contributed by atoms with van der Waals surface area (Å²) in [5.74, 6) is 1.69. The summed E-state index contributed by atoms with van der Waals surface area (Å²) in [6.45, 7) is 34.4.